The average molecular weight is 356 g/mol. The van der Waals surface area contributed by atoms with E-state index in [1.54, 1.807) is 24.3 Å². The second kappa shape index (κ2) is 10.1. The molecule has 0 aliphatic rings. The summed E-state index contributed by atoms with van der Waals surface area (Å²) in [5.41, 5.74) is 4.60. The molecule has 0 radical (unpaired) electrons. The molecule has 0 spiro atoms. The Balaban J connectivity index is 0.000000284. The largest absolute Gasteiger partial charge is 0.508 e. The maximum absolute atomic E-state index is 9.79. The van der Waals surface area contributed by atoms with Gasteiger partial charge < -0.3 is 15.3 Å². The van der Waals surface area contributed by atoms with Gasteiger partial charge in [-0.1, -0.05) is 41.0 Å². The molecule has 138 valence electrons. The summed E-state index contributed by atoms with van der Waals surface area (Å²) >= 11 is 0. The molecule has 0 aliphatic heterocycles. The molecule has 0 amide bonds. The summed E-state index contributed by atoms with van der Waals surface area (Å²) in [4.78, 5) is 0. The molecular weight excluding hydrogens is 332 g/mol. The predicted octanol–water partition coefficient (Wildman–Crippen LogP) is 5.10. The van der Waals surface area contributed by atoms with Gasteiger partial charge in [0.05, 0.1) is 0 Å². The molecule has 26 heavy (non-hydrogen) atoms. The number of hydrogen-bond acceptors (Lipinski definition) is 5. The standard InChI is InChI=1S/C14H14O2.C7H8O.H2O2/c1-9-3-5-13(15)11(7-9)12-8-10(2)4-6-14(12)16;1-6-2-4-7(8)5-3-6;1-2/h3-8,15-16H,1-2H3;2-5,8H,1H3;1-2H. The Morgan fingerprint density at radius 2 is 0.846 bits per heavy atom. The van der Waals surface area contributed by atoms with Crippen LogP contribution in [0.5, 0.6) is 17.2 Å². The Morgan fingerprint density at radius 1 is 0.500 bits per heavy atom. The topological polar surface area (TPSA) is 101 Å². The molecular formula is C21H24O5. The maximum Gasteiger partial charge on any atom is 0.123 e. The number of aromatic hydroxyl groups is 3. The third kappa shape index (κ3) is 6.12. The van der Waals surface area contributed by atoms with Crippen LogP contribution in [0.25, 0.3) is 11.1 Å². The van der Waals surface area contributed by atoms with Crippen LogP contribution in [0.2, 0.25) is 0 Å². The number of rotatable bonds is 1. The summed E-state index contributed by atoms with van der Waals surface area (Å²) in [6.45, 7) is 5.89. The van der Waals surface area contributed by atoms with E-state index in [1.807, 2.05) is 57.2 Å². The number of phenols is 3. The van der Waals surface area contributed by atoms with E-state index in [1.165, 1.54) is 5.56 Å². The molecule has 3 rings (SSSR count). The van der Waals surface area contributed by atoms with Crippen LogP contribution in [-0.4, -0.2) is 25.8 Å². The van der Waals surface area contributed by atoms with Crippen LogP contribution < -0.4 is 0 Å². The molecule has 5 N–H and O–H groups in total. The van der Waals surface area contributed by atoms with Crippen LogP contribution in [0.1, 0.15) is 16.7 Å². The molecule has 0 unspecified atom stereocenters. The van der Waals surface area contributed by atoms with E-state index in [9.17, 15) is 10.2 Å². The monoisotopic (exact) mass is 356 g/mol. The molecule has 0 saturated carbocycles. The second-order valence-corrected chi connectivity index (χ2v) is 5.88. The van der Waals surface area contributed by atoms with E-state index in [-0.39, 0.29) is 11.5 Å². The van der Waals surface area contributed by atoms with Gasteiger partial charge in [-0.15, -0.1) is 0 Å². The van der Waals surface area contributed by atoms with Crippen molar-refractivity contribution in [1.29, 1.82) is 0 Å². The van der Waals surface area contributed by atoms with Crippen molar-refractivity contribution in [3.05, 3.63) is 77.4 Å². The van der Waals surface area contributed by atoms with Gasteiger partial charge >= 0.3 is 0 Å². The summed E-state index contributed by atoms with van der Waals surface area (Å²) in [5.74, 6) is 0.702. The van der Waals surface area contributed by atoms with Gasteiger partial charge in [0.15, 0.2) is 0 Å². The summed E-state index contributed by atoms with van der Waals surface area (Å²) < 4.78 is 0. The zero-order valence-corrected chi connectivity index (χ0v) is 15.0. The minimum Gasteiger partial charge on any atom is -0.508 e. The fourth-order valence-electron chi connectivity index (χ4n) is 2.28. The lowest BCUT2D eigenvalue weighted by molar-refractivity contribution is -0.176. The third-order valence-corrected chi connectivity index (χ3v) is 3.63. The molecule has 0 aliphatic carbocycles. The lowest BCUT2D eigenvalue weighted by Gasteiger charge is -2.09. The zero-order chi connectivity index (χ0) is 19.7. The van der Waals surface area contributed by atoms with Crippen molar-refractivity contribution in [2.45, 2.75) is 20.8 Å². The number of hydrogen-bond donors (Lipinski definition) is 5. The van der Waals surface area contributed by atoms with Crippen LogP contribution in [0, 0.1) is 20.8 Å². The lowest BCUT2D eigenvalue weighted by Crippen LogP contribution is -1.83. The third-order valence-electron chi connectivity index (χ3n) is 3.63. The highest BCUT2D eigenvalue weighted by atomic mass is 17.0. The molecule has 0 aromatic heterocycles. The molecule has 0 bridgehead atoms. The first-order chi connectivity index (χ1) is 12.4. The predicted molar refractivity (Wildman–Crippen MR) is 103 cm³/mol. The lowest BCUT2D eigenvalue weighted by atomic mass is 10.00. The highest BCUT2D eigenvalue weighted by molar-refractivity contribution is 5.76. The second-order valence-electron chi connectivity index (χ2n) is 5.88. The molecule has 0 atom stereocenters. The van der Waals surface area contributed by atoms with E-state index in [4.69, 9.17) is 15.6 Å². The first kappa shape index (κ1) is 21.0. The van der Waals surface area contributed by atoms with Gasteiger partial charge in [-0.25, -0.2) is 0 Å². The Hall–Kier alpha value is -3.02. The normalized spacial score (nSPS) is 9.42. The minimum atomic E-state index is 0.187. The minimum absolute atomic E-state index is 0.187. The van der Waals surface area contributed by atoms with Crippen LogP contribution >= 0.6 is 0 Å². The van der Waals surface area contributed by atoms with Crippen molar-refractivity contribution in [3.8, 4) is 28.4 Å². The average Bonchev–Trinajstić information content (AvgIpc) is 2.64. The van der Waals surface area contributed by atoms with Crippen molar-refractivity contribution in [2.24, 2.45) is 0 Å². The van der Waals surface area contributed by atoms with Gasteiger partial charge in [0, 0.05) is 11.1 Å². The number of aryl methyl sites for hydroxylation is 3. The molecule has 0 fully saturated rings. The van der Waals surface area contributed by atoms with Gasteiger partial charge in [-0.3, -0.25) is 10.5 Å². The molecule has 3 aromatic carbocycles. The van der Waals surface area contributed by atoms with Gasteiger partial charge in [0.25, 0.3) is 0 Å². The van der Waals surface area contributed by atoms with E-state index >= 15 is 0 Å². The van der Waals surface area contributed by atoms with E-state index in [0.717, 1.165) is 11.1 Å². The van der Waals surface area contributed by atoms with Crippen LogP contribution in [0.3, 0.4) is 0 Å². The molecule has 5 heteroatoms. The number of benzene rings is 3. The Bertz CT molecular complexity index is 756. The smallest absolute Gasteiger partial charge is 0.123 e. The van der Waals surface area contributed by atoms with Crippen molar-refractivity contribution in [2.75, 3.05) is 0 Å². The van der Waals surface area contributed by atoms with Crippen molar-refractivity contribution in [1.82, 2.24) is 0 Å². The maximum atomic E-state index is 9.79. The SMILES string of the molecule is Cc1ccc(O)c(-c2cc(C)ccc2O)c1.Cc1ccc(O)cc1.OO. The Morgan fingerprint density at radius 3 is 1.19 bits per heavy atom. The van der Waals surface area contributed by atoms with Crippen molar-refractivity contribution in [3.63, 3.8) is 0 Å². The van der Waals surface area contributed by atoms with Crippen LogP contribution in [0.15, 0.2) is 60.7 Å². The molecule has 3 aromatic rings. The first-order valence-corrected chi connectivity index (χ1v) is 7.92. The van der Waals surface area contributed by atoms with E-state index in [0.29, 0.717) is 16.9 Å². The van der Waals surface area contributed by atoms with Gasteiger partial charge in [-0.05, 0) is 57.2 Å². The molecule has 5 nitrogen and oxygen atoms in total. The van der Waals surface area contributed by atoms with E-state index in [2.05, 4.69) is 0 Å². The fraction of sp³-hybridized carbons (Fsp3) is 0.143. The van der Waals surface area contributed by atoms with Crippen LogP contribution in [0.4, 0.5) is 0 Å². The Labute approximate surface area is 153 Å². The van der Waals surface area contributed by atoms with Gasteiger partial charge in [0.1, 0.15) is 17.2 Å². The van der Waals surface area contributed by atoms with Gasteiger partial charge in [0.2, 0.25) is 0 Å². The van der Waals surface area contributed by atoms with Gasteiger partial charge in [-0.2, -0.15) is 0 Å². The summed E-state index contributed by atoms with van der Waals surface area (Å²) in [7, 11) is 0. The fourth-order valence-corrected chi connectivity index (χ4v) is 2.28. The molecule has 0 heterocycles. The highest BCUT2D eigenvalue weighted by Gasteiger charge is 2.09. The zero-order valence-electron chi connectivity index (χ0n) is 15.0. The summed E-state index contributed by atoms with van der Waals surface area (Å²) in [5, 5.41) is 40.3. The first-order valence-electron chi connectivity index (χ1n) is 7.92. The van der Waals surface area contributed by atoms with Crippen molar-refractivity contribution >= 4 is 0 Å². The van der Waals surface area contributed by atoms with Crippen molar-refractivity contribution < 1.29 is 25.8 Å². The highest BCUT2D eigenvalue weighted by Crippen LogP contribution is 2.36. The number of phenolic OH excluding ortho intramolecular Hbond substituents is 3. The van der Waals surface area contributed by atoms with Crippen LogP contribution in [-0.2, 0) is 0 Å². The molecule has 0 saturated heterocycles. The summed E-state index contributed by atoms with van der Waals surface area (Å²) in [6.07, 6.45) is 0. The Kier molecular flexibility index (Phi) is 8.15. The quantitative estimate of drug-likeness (QED) is 0.308. The summed E-state index contributed by atoms with van der Waals surface area (Å²) in [6, 6.07) is 17.8. The van der Waals surface area contributed by atoms with E-state index < -0.39 is 0 Å².